The second kappa shape index (κ2) is 6.40. The maximum Gasteiger partial charge on any atom is 0.431 e. The summed E-state index contributed by atoms with van der Waals surface area (Å²) in [5.74, 6) is 0.112. The molecule has 6 heteroatoms. The van der Waals surface area contributed by atoms with Crippen LogP contribution >= 0.6 is 0 Å². The molecule has 3 N–H and O–H groups in total. The third kappa shape index (κ3) is 5.58. The number of aromatic hydroxyl groups is 1. The molecule has 0 heterocycles. The van der Waals surface area contributed by atoms with Gasteiger partial charge in [0.05, 0.1) is 6.61 Å². The summed E-state index contributed by atoms with van der Waals surface area (Å²) in [6, 6.07) is 6.11. The third-order valence-electron chi connectivity index (χ3n) is 2.11. The summed E-state index contributed by atoms with van der Waals surface area (Å²) in [5.41, 5.74) is 2.12. The van der Waals surface area contributed by atoms with Crippen molar-refractivity contribution < 1.29 is 24.6 Å². The molecule has 19 heavy (non-hydrogen) atoms. The van der Waals surface area contributed by atoms with E-state index >= 15 is 0 Å². The SMILES string of the molecule is CC(C)(C)OC(=O)NOC(CO)c1ccc(O)cc1. The largest absolute Gasteiger partial charge is 0.508 e. The van der Waals surface area contributed by atoms with Crippen LogP contribution in [0.2, 0.25) is 0 Å². The molecule has 1 amide bonds. The van der Waals surface area contributed by atoms with Gasteiger partial charge in [0.1, 0.15) is 17.5 Å². The second-order valence-electron chi connectivity index (χ2n) is 4.98. The molecule has 0 radical (unpaired) electrons. The van der Waals surface area contributed by atoms with Crippen molar-refractivity contribution in [1.29, 1.82) is 0 Å². The summed E-state index contributed by atoms with van der Waals surface area (Å²) in [4.78, 5) is 16.5. The van der Waals surface area contributed by atoms with Gasteiger partial charge < -0.3 is 14.9 Å². The van der Waals surface area contributed by atoms with Crippen LogP contribution in [0.3, 0.4) is 0 Å². The maximum absolute atomic E-state index is 11.4. The van der Waals surface area contributed by atoms with E-state index in [1.54, 1.807) is 32.9 Å². The quantitative estimate of drug-likeness (QED) is 0.726. The highest BCUT2D eigenvalue weighted by Crippen LogP contribution is 2.19. The normalized spacial score (nSPS) is 12.8. The number of benzene rings is 1. The van der Waals surface area contributed by atoms with Gasteiger partial charge in [0.15, 0.2) is 0 Å². The topological polar surface area (TPSA) is 88.0 Å². The van der Waals surface area contributed by atoms with Crippen LogP contribution in [0.15, 0.2) is 24.3 Å². The predicted octanol–water partition coefficient (Wildman–Crippen LogP) is 1.88. The smallest absolute Gasteiger partial charge is 0.431 e. The first kappa shape index (κ1) is 15.3. The van der Waals surface area contributed by atoms with Crippen molar-refractivity contribution in [2.45, 2.75) is 32.5 Å². The van der Waals surface area contributed by atoms with Crippen molar-refractivity contribution in [1.82, 2.24) is 5.48 Å². The number of hydroxylamine groups is 1. The number of aliphatic hydroxyl groups excluding tert-OH is 1. The molecule has 0 aliphatic heterocycles. The number of ether oxygens (including phenoxy) is 1. The average molecular weight is 269 g/mol. The summed E-state index contributed by atoms with van der Waals surface area (Å²) in [5, 5.41) is 18.4. The zero-order valence-corrected chi connectivity index (χ0v) is 11.2. The lowest BCUT2D eigenvalue weighted by atomic mass is 10.1. The first-order chi connectivity index (χ1) is 8.81. The molecule has 6 nitrogen and oxygen atoms in total. The Kier molecular flexibility index (Phi) is 5.14. The van der Waals surface area contributed by atoms with Gasteiger partial charge in [-0.15, -0.1) is 0 Å². The van der Waals surface area contributed by atoms with Crippen molar-refractivity contribution in [3.8, 4) is 5.75 Å². The van der Waals surface area contributed by atoms with Gasteiger partial charge in [-0.1, -0.05) is 12.1 Å². The molecule has 0 aliphatic carbocycles. The number of carbonyl (C=O) groups excluding carboxylic acids is 1. The number of amides is 1. The van der Waals surface area contributed by atoms with E-state index in [1.807, 2.05) is 0 Å². The molecule has 106 valence electrons. The highest BCUT2D eigenvalue weighted by atomic mass is 16.7. The lowest BCUT2D eigenvalue weighted by Gasteiger charge is -2.21. The Hall–Kier alpha value is -1.79. The molecule has 0 saturated heterocycles. The van der Waals surface area contributed by atoms with E-state index in [9.17, 15) is 9.90 Å². The summed E-state index contributed by atoms with van der Waals surface area (Å²) >= 11 is 0. The fourth-order valence-electron chi connectivity index (χ4n) is 1.32. The van der Waals surface area contributed by atoms with Gasteiger partial charge in [-0.2, -0.15) is 5.48 Å². The van der Waals surface area contributed by atoms with Crippen LogP contribution in [-0.4, -0.2) is 28.5 Å². The van der Waals surface area contributed by atoms with E-state index in [2.05, 4.69) is 5.48 Å². The van der Waals surface area contributed by atoms with Crippen LogP contribution in [0.4, 0.5) is 4.79 Å². The van der Waals surface area contributed by atoms with Gasteiger partial charge in [-0.3, -0.25) is 4.84 Å². The molecule has 1 rings (SSSR count). The van der Waals surface area contributed by atoms with Crippen LogP contribution in [0, 0.1) is 0 Å². The second-order valence-corrected chi connectivity index (χ2v) is 4.98. The predicted molar refractivity (Wildman–Crippen MR) is 68.4 cm³/mol. The minimum absolute atomic E-state index is 0.112. The fraction of sp³-hybridized carbons (Fsp3) is 0.462. The highest BCUT2D eigenvalue weighted by Gasteiger charge is 2.18. The molecule has 0 aromatic heterocycles. The number of rotatable bonds is 4. The maximum atomic E-state index is 11.4. The highest BCUT2D eigenvalue weighted by molar-refractivity contribution is 5.66. The van der Waals surface area contributed by atoms with E-state index in [4.69, 9.17) is 14.7 Å². The lowest BCUT2D eigenvalue weighted by molar-refractivity contribution is -0.0610. The molecular weight excluding hydrogens is 250 g/mol. The van der Waals surface area contributed by atoms with Crippen molar-refractivity contribution in [3.63, 3.8) is 0 Å². The van der Waals surface area contributed by atoms with Crippen molar-refractivity contribution >= 4 is 6.09 Å². The van der Waals surface area contributed by atoms with Crippen LogP contribution in [0.1, 0.15) is 32.4 Å². The Morgan fingerprint density at radius 3 is 2.37 bits per heavy atom. The number of phenols is 1. The van der Waals surface area contributed by atoms with Crippen molar-refractivity contribution in [2.75, 3.05) is 6.61 Å². The first-order valence-corrected chi connectivity index (χ1v) is 5.86. The number of aliphatic hydroxyl groups is 1. The Morgan fingerprint density at radius 1 is 1.32 bits per heavy atom. The molecule has 1 aromatic rings. The summed E-state index contributed by atoms with van der Waals surface area (Å²) in [6.45, 7) is 4.88. The molecule has 0 fully saturated rings. The molecule has 0 saturated carbocycles. The van der Waals surface area contributed by atoms with E-state index < -0.39 is 17.8 Å². The minimum Gasteiger partial charge on any atom is -0.508 e. The van der Waals surface area contributed by atoms with E-state index in [0.29, 0.717) is 5.56 Å². The monoisotopic (exact) mass is 269 g/mol. The van der Waals surface area contributed by atoms with Crippen molar-refractivity contribution in [2.24, 2.45) is 0 Å². The molecule has 0 aliphatic rings. The zero-order valence-electron chi connectivity index (χ0n) is 11.2. The van der Waals surface area contributed by atoms with Gasteiger partial charge in [0.2, 0.25) is 0 Å². The van der Waals surface area contributed by atoms with Crippen LogP contribution < -0.4 is 5.48 Å². The third-order valence-corrected chi connectivity index (χ3v) is 2.11. The zero-order chi connectivity index (χ0) is 14.5. The molecule has 0 bridgehead atoms. The van der Waals surface area contributed by atoms with Gasteiger partial charge in [0.25, 0.3) is 0 Å². The van der Waals surface area contributed by atoms with Gasteiger partial charge in [-0.05, 0) is 38.5 Å². The number of hydrogen-bond donors (Lipinski definition) is 3. The Labute approximate surface area is 111 Å². The van der Waals surface area contributed by atoms with Gasteiger partial charge in [-0.25, -0.2) is 4.79 Å². The Bertz CT molecular complexity index is 410. The molecule has 1 unspecified atom stereocenters. The summed E-state index contributed by atoms with van der Waals surface area (Å²) < 4.78 is 4.99. The number of carbonyl (C=O) groups is 1. The van der Waals surface area contributed by atoms with Crippen LogP contribution in [0.5, 0.6) is 5.75 Å². The Balaban J connectivity index is 2.54. The molecule has 1 atom stereocenters. The average Bonchev–Trinajstić information content (AvgIpc) is 2.29. The fourth-order valence-corrected chi connectivity index (χ4v) is 1.32. The minimum atomic E-state index is -0.732. The Morgan fingerprint density at radius 2 is 1.89 bits per heavy atom. The van der Waals surface area contributed by atoms with Crippen molar-refractivity contribution in [3.05, 3.63) is 29.8 Å². The number of hydrogen-bond acceptors (Lipinski definition) is 5. The standard InChI is InChI=1S/C13H19NO5/c1-13(2,3)18-12(17)14-19-11(8-15)9-4-6-10(16)7-5-9/h4-7,11,15-16H,8H2,1-3H3,(H,14,17). The number of phenolic OH excluding ortho intramolecular Hbond substituents is 1. The summed E-state index contributed by atoms with van der Waals surface area (Å²) in [7, 11) is 0. The van der Waals surface area contributed by atoms with E-state index in [1.165, 1.54) is 12.1 Å². The lowest BCUT2D eigenvalue weighted by Crippen LogP contribution is -2.34. The van der Waals surface area contributed by atoms with Gasteiger partial charge >= 0.3 is 6.09 Å². The molecule has 1 aromatic carbocycles. The van der Waals surface area contributed by atoms with Crippen LogP contribution in [0.25, 0.3) is 0 Å². The first-order valence-electron chi connectivity index (χ1n) is 5.86. The van der Waals surface area contributed by atoms with Crippen LogP contribution in [-0.2, 0) is 9.57 Å². The van der Waals surface area contributed by atoms with E-state index in [0.717, 1.165) is 0 Å². The molecular formula is C13H19NO5. The molecule has 0 spiro atoms. The summed E-state index contributed by atoms with van der Waals surface area (Å²) in [6.07, 6.45) is -1.46. The number of nitrogens with one attached hydrogen (secondary N) is 1. The van der Waals surface area contributed by atoms with E-state index in [-0.39, 0.29) is 12.4 Å². The van der Waals surface area contributed by atoms with Gasteiger partial charge in [0, 0.05) is 0 Å².